The Kier molecular flexibility index (Phi) is 3.95. The van der Waals surface area contributed by atoms with E-state index in [0.717, 1.165) is 0 Å². The molecule has 0 heterocycles. The van der Waals surface area contributed by atoms with Gasteiger partial charge >= 0.3 is 6.09 Å². The molecular weight excluding hydrogens is 146 g/mol. The lowest BCUT2D eigenvalue weighted by molar-refractivity contribution is -0.123. The molecule has 1 amide bonds. The van der Waals surface area contributed by atoms with E-state index in [9.17, 15) is 9.59 Å². The Morgan fingerprint density at radius 2 is 2.27 bits per heavy atom. The molecule has 4 heteroatoms. The van der Waals surface area contributed by atoms with E-state index in [-0.39, 0.29) is 18.3 Å². The summed E-state index contributed by atoms with van der Waals surface area (Å²) in [5, 5.41) is 0. The SMILES string of the molecule is C=CC(C)C(=O)COC(N)=O. The molecule has 62 valence electrons. The molecule has 0 aromatic heterocycles. The number of amides is 1. The molecule has 0 spiro atoms. The van der Waals surface area contributed by atoms with Crippen molar-refractivity contribution in [3.05, 3.63) is 12.7 Å². The second-order valence-electron chi connectivity index (χ2n) is 2.10. The van der Waals surface area contributed by atoms with Crippen molar-refractivity contribution < 1.29 is 14.3 Å². The third kappa shape index (κ3) is 4.13. The third-order valence-electron chi connectivity index (χ3n) is 1.22. The first kappa shape index (κ1) is 9.68. The summed E-state index contributed by atoms with van der Waals surface area (Å²) in [7, 11) is 0. The Labute approximate surface area is 65.0 Å². The van der Waals surface area contributed by atoms with Crippen LogP contribution >= 0.6 is 0 Å². The molecule has 11 heavy (non-hydrogen) atoms. The van der Waals surface area contributed by atoms with E-state index in [2.05, 4.69) is 17.0 Å². The van der Waals surface area contributed by atoms with Crippen molar-refractivity contribution in [2.24, 2.45) is 11.7 Å². The highest BCUT2D eigenvalue weighted by Crippen LogP contribution is 1.97. The highest BCUT2D eigenvalue weighted by molar-refractivity contribution is 5.84. The lowest BCUT2D eigenvalue weighted by Crippen LogP contribution is -2.21. The number of Topliss-reactive ketones (excluding diaryl/α,β-unsaturated/α-hetero) is 1. The van der Waals surface area contributed by atoms with Gasteiger partial charge in [-0.25, -0.2) is 4.79 Å². The van der Waals surface area contributed by atoms with Crippen molar-refractivity contribution in [2.45, 2.75) is 6.92 Å². The van der Waals surface area contributed by atoms with E-state index in [1.54, 1.807) is 6.92 Å². The van der Waals surface area contributed by atoms with Crippen LogP contribution in [0.1, 0.15) is 6.92 Å². The lowest BCUT2D eigenvalue weighted by Gasteiger charge is -2.03. The van der Waals surface area contributed by atoms with Gasteiger partial charge in [0.15, 0.2) is 12.4 Å². The minimum Gasteiger partial charge on any atom is -0.442 e. The molecule has 0 rings (SSSR count). The number of allylic oxidation sites excluding steroid dienone is 1. The normalized spacial score (nSPS) is 11.7. The molecule has 0 aromatic rings. The van der Waals surface area contributed by atoms with E-state index in [1.807, 2.05) is 0 Å². The van der Waals surface area contributed by atoms with Crippen LogP contribution in [0.4, 0.5) is 4.79 Å². The average molecular weight is 157 g/mol. The number of hydrogen-bond acceptors (Lipinski definition) is 3. The first-order chi connectivity index (χ1) is 5.07. The van der Waals surface area contributed by atoms with Gasteiger partial charge in [0.2, 0.25) is 0 Å². The molecule has 2 N–H and O–H groups in total. The van der Waals surface area contributed by atoms with E-state index in [1.165, 1.54) is 6.08 Å². The van der Waals surface area contributed by atoms with Crippen LogP contribution in [-0.4, -0.2) is 18.5 Å². The Balaban J connectivity index is 3.69. The summed E-state index contributed by atoms with van der Waals surface area (Å²) < 4.78 is 4.27. The first-order valence-electron chi connectivity index (χ1n) is 3.15. The van der Waals surface area contributed by atoms with Crippen LogP contribution in [0.15, 0.2) is 12.7 Å². The molecule has 1 atom stereocenters. The van der Waals surface area contributed by atoms with E-state index < -0.39 is 6.09 Å². The minimum atomic E-state index is -0.936. The van der Waals surface area contributed by atoms with Gasteiger partial charge < -0.3 is 10.5 Å². The Hall–Kier alpha value is -1.32. The topological polar surface area (TPSA) is 69.4 Å². The smallest absolute Gasteiger partial charge is 0.404 e. The van der Waals surface area contributed by atoms with Crippen LogP contribution in [0.2, 0.25) is 0 Å². The maximum atomic E-state index is 10.9. The third-order valence-corrected chi connectivity index (χ3v) is 1.22. The molecule has 0 radical (unpaired) electrons. The molecule has 0 aliphatic rings. The lowest BCUT2D eigenvalue weighted by atomic mass is 10.1. The van der Waals surface area contributed by atoms with Crippen LogP contribution in [0.25, 0.3) is 0 Å². The van der Waals surface area contributed by atoms with Gasteiger partial charge in [-0.3, -0.25) is 4.79 Å². The zero-order chi connectivity index (χ0) is 8.85. The van der Waals surface area contributed by atoms with E-state index in [4.69, 9.17) is 0 Å². The molecule has 0 aromatic carbocycles. The van der Waals surface area contributed by atoms with Crippen molar-refractivity contribution in [3.8, 4) is 0 Å². The number of ketones is 1. The van der Waals surface area contributed by atoms with Gasteiger partial charge in [-0.15, -0.1) is 6.58 Å². The standard InChI is InChI=1S/C7H11NO3/c1-3-5(2)6(9)4-11-7(8)10/h3,5H,1,4H2,2H3,(H2,8,10). The molecule has 1 unspecified atom stereocenters. The van der Waals surface area contributed by atoms with Crippen molar-refractivity contribution in [2.75, 3.05) is 6.61 Å². The quantitative estimate of drug-likeness (QED) is 0.603. The van der Waals surface area contributed by atoms with Gasteiger partial charge in [0.1, 0.15) is 0 Å². The van der Waals surface area contributed by atoms with Gasteiger partial charge in [0.05, 0.1) is 0 Å². The number of ether oxygens (including phenoxy) is 1. The van der Waals surface area contributed by atoms with Crippen molar-refractivity contribution in [3.63, 3.8) is 0 Å². The number of carbonyl (C=O) groups excluding carboxylic acids is 2. The number of carbonyl (C=O) groups is 2. The fourth-order valence-electron chi connectivity index (χ4n) is 0.405. The second-order valence-corrected chi connectivity index (χ2v) is 2.10. The van der Waals surface area contributed by atoms with Gasteiger partial charge in [0, 0.05) is 5.92 Å². The summed E-state index contributed by atoms with van der Waals surface area (Å²) in [5.41, 5.74) is 4.64. The Morgan fingerprint density at radius 3 is 2.64 bits per heavy atom. The Morgan fingerprint density at radius 1 is 1.73 bits per heavy atom. The molecule has 0 saturated heterocycles. The summed E-state index contributed by atoms with van der Waals surface area (Å²) in [6, 6.07) is 0. The largest absolute Gasteiger partial charge is 0.442 e. The van der Waals surface area contributed by atoms with Crippen LogP contribution in [-0.2, 0) is 9.53 Å². The summed E-state index contributed by atoms with van der Waals surface area (Å²) in [6.45, 7) is 4.81. The van der Waals surface area contributed by atoms with Crippen molar-refractivity contribution >= 4 is 11.9 Å². The molecular formula is C7H11NO3. The van der Waals surface area contributed by atoms with Crippen LogP contribution in [0.5, 0.6) is 0 Å². The van der Waals surface area contributed by atoms with Crippen molar-refractivity contribution in [1.29, 1.82) is 0 Å². The van der Waals surface area contributed by atoms with Crippen LogP contribution in [0, 0.1) is 5.92 Å². The fourth-order valence-corrected chi connectivity index (χ4v) is 0.405. The number of nitrogens with two attached hydrogens (primary N) is 1. The van der Waals surface area contributed by atoms with Gasteiger partial charge in [0.25, 0.3) is 0 Å². The molecule has 4 nitrogen and oxygen atoms in total. The number of rotatable bonds is 4. The molecule has 0 saturated carbocycles. The highest BCUT2D eigenvalue weighted by Gasteiger charge is 2.09. The minimum absolute atomic E-state index is 0.209. The molecule has 0 bridgehead atoms. The number of primary amides is 1. The van der Waals surface area contributed by atoms with Crippen LogP contribution in [0.3, 0.4) is 0 Å². The predicted molar refractivity (Wildman–Crippen MR) is 39.9 cm³/mol. The van der Waals surface area contributed by atoms with Gasteiger partial charge in [-0.05, 0) is 0 Å². The molecule has 0 aliphatic carbocycles. The Bertz CT molecular complexity index is 177. The highest BCUT2D eigenvalue weighted by atomic mass is 16.5. The summed E-state index contributed by atoms with van der Waals surface area (Å²) in [4.78, 5) is 20.9. The summed E-state index contributed by atoms with van der Waals surface area (Å²) in [6.07, 6.45) is 0.543. The summed E-state index contributed by atoms with van der Waals surface area (Å²) in [5.74, 6) is -0.506. The van der Waals surface area contributed by atoms with E-state index in [0.29, 0.717) is 0 Å². The van der Waals surface area contributed by atoms with Crippen molar-refractivity contribution in [1.82, 2.24) is 0 Å². The zero-order valence-corrected chi connectivity index (χ0v) is 6.37. The second kappa shape index (κ2) is 4.49. The monoisotopic (exact) mass is 157 g/mol. The van der Waals surface area contributed by atoms with E-state index >= 15 is 0 Å². The van der Waals surface area contributed by atoms with Gasteiger partial charge in [-0.1, -0.05) is 13.0 Å². The maximum Gasteiger partial charge on any atom is 0.404 e. The molecule has 0 aliphatic heterocycles. The zero-order valence-electron chi connectivity index (χ0n) is 6.37. The van der Waals surface area contributed by atoms with Gasteiger partial charge in [-0.2, -0.15) is 0 Å². The number of hydrogen-bond donors (Lipinski definition) is 1. The van der Waals surface area contributed by atoms with Crippen LogP contribution < -0.4 is 5.73 Å². The maximum absolute atomic E-state index is 10.9. The average Bonchev–Trinajstić information content (AvgIpc) is 1.98. The first-order valence-corrected chi connectivity index (χ1v) is 3.15. The summed E-state index contributed by atoms with van der Waals surface area (Å²) >= 11 is 0. The molecule has 0 fully saturated rings. The predicted octanol–water partition coefficient (Wildman–Crippen LogP) is 0.473. The fraction of sp³-hybridized carbons (Fsp3) is 0.429.